The second kappa shape index (κ2) is 7.20. The van der Waals surface area contributed by atoms with Gasteiger partial charge in [0.15, 0.2) is 0 Å². The number of halogens is 1. The zero-order valence-electron chi connectivity index (χ0n) is 12.1. The summed E-state index contributed by atoms with van der Waals surface area (Å²) in [4.78, 5) is 15.1. The summed E-state index contributed by atoms with van der Waals surface area (Å²) < 4.78 is 0. The largest absolute Gasteiger partial charge is 0.392 e. The van der Waals surface area contributed by atoms with Gasteiger partial charge in [-0.3, -0.25) is 9.69 Å². The van der Waals surface area contributed by atoms with Gasteiger partial charge in [-0.05, 0) is 37.5 Å². The minimum absolute atomic E-state index is 0.0530. The molecular weight excluding hydrogens is 306 g/mol. The minimum Gasteiger partial charge on any atom is -0.392 e. The number of amides is 1. The Balaban J connectivity index is 1.90. The number of carbonyl (C=O) groups excluding carboxylic acids is 1. The van der Waals surface area contributed by atoms with Crippen molar-refractivity contribution in [1.82, 2.24) is 10.2 Å². The highest BCUT2D eigenvalue weighted by atomic mass is 35.5. The van der Waals surface area contributed by atoms with Gasteiger partial charge >= 0.3 is 0 Å². The quantitative estimate of drug-likeness (QED) is 0.833. The number of thiocarbonyl (C=S) groups is 1. The van der Waals surface area contributed by atoms with Crippen LogP contribution < -0.4 is 11.1 Å². The van der Waals surface area contributed by atoms with Crippen molar-refractivity contribution >= 4 is 34.7 Å². The lowest BCUT2D eigenvalue weighted by Crippen LogP contribution is -2.46. The van der Waals surface area contributed by atoms with Gasteiger partial charge < -0.3 is 11.1 Å². The summed E-state index contributed by atoms with van der Waals surface area (Å²) in [5, 5.41) is 3.67. The summed E-state index contributed by atoms with van der Waals surface area (Å²) in [7, 11) is 0. The van der Waals surface area contributed by atoms with Crippen LogP contribution in [0.3, 0.4) is 0 Å². The Labute approximate surface area is 135 Å². The van der Waals surface area contributed by atoms with Gasteiger partial charge in [0.1, 0.15) is 0 Å². The van der Waals surface area contributed by atoms with Crippen LogP contribution in [0.15, 0.2) is 18.2 Å². The lowest BCUT2D eigenvalue weighted by atomic mass is 10.0. The molecule has 1 aliphatic heterocycles. The van der Waals surface area contributed by atoms with Crippen LogP contribution in [0.25, 0.3) is 0 Å². The van der Waals surface area contributed by atoms with Gasteiger partial charge in [0.25, 0.3) is 5.91 Å². The van der Waals surface area contributed by atoms with Crippen LogP contribution in [0.2, 0.25) is 5.02 Å². The first-order valence-electron chi connectivity index (χ1n) is 7.03. The predicted octanol–water partition coefficient (Wildman–Crippen LogP) is 2.13. The molecule has 1 aromatic carbocycles. The number of aryl methyl sites for hydroxylation is 1. The molecule has 4 nitrogen and oxygen atoms in total. The number of piperidine rings is 1. The fraction of sp³-hybridized carbons (Fsp3) is 0.467. The maximum atomic E-state index is 12.3. The Hall–Kier alpha value is -1.17. The van der Waals surface area contributed by atoms with Gasteiger partial charge in [-0.1, -0.05) is 29.9 Å². The third kappa shape index (κ3) is 4.66. The molecule has 0 bridgehead atoms. The van der Waals surface area contributed by atoms with Crippen molar-refractivity contribution in [3.63, 3.8) is 0 Å². The summed E-state index contributed by atoms with van der Waals surface area (Å²) in [6.07, 6.45) is 1.82. The number of hydrogen-bond acceptors (Lipinski definition) is 3. The Bertz CT molecular complexity index is 542. The summed E-state index contributed by atoms with van der Waals surface area (Å²) in [5.41, 5.74) is 7.13. The second-order valence-electron chi connectivity index (χ2n) is 5.45. The maximum absolute atomic E-state index is 12.3. The highest BCUT2D eigenvalue weighted by Crippen LogP contribution is 2.17. The summed E-state index contributed by atoms with van der Waals surface area (Å²) >= 11 is 10.9. The molecule has 0 spiro atoms. The molecule has 1 saturated heterocycles. The fourth-order valence-corrected chi connectivity index (χ4v) is 2.91. The average Bonchev–Trinajstić information content (AvgIpc) is 2.43. The number of hydrogen-bond donors (Lipinski definition) is 2. The Morgan fingerprint density at radius 3 is 2.76 bits per heavy atom. The van der Waals surface area contributed by atoms with Crippen LogP contribution in [-0.2, 0) is 0 Å². The number of likely N-dealkylation sites (tertiary alicyclic amines) is 1. The van der Waals surface area contributed by atoms with E-state index in [1.807, 2.05) is 13.0 Å². The lowest BCUT2D eigenvalue weighted by molar-refractivity contribution is 0.0914. The third-order valence-electron chi connectivity index (χ3n) is 3.75. The third-order valence-corrected chi connectivity index (χ3v) is 4.11. The molecule has 0 aromatic heterocycles. The van der Waals surface area contributed by atoms with Crippen LogP contribution in [0, 0.1) is 6.92 Å². The topological polar surface area (TPSA) is 58.4 Å². The molecular formula is C15H20ClN3OS. The zero-order valence-corrected chi connectivity index (χ0v) is 13.6. The molecule has 0 radical (unpaired) electrons. The van der Waals surface area contributed by atoms with E-state index in [1.165, 1.54) is 0 Å². The second-order valence-corrected chi connectivity index (χ2v) is 6.41. The number of carbonyl (C=O) groups is 1. The van der Waals surface area contributed by atoms with Crippen molar-refractivity contribution in [1.29, 1.82) is 0 Å². The van der Waals surface area contributed by atoms with E-state index >= 15 is 0 Å². The monoisotopic (exact) mass is 325 g/mol. The van der Waals surface area contributed by atoms with Crippen LogP contribution in [0.5, 0.6) is 0 Å². The smallest absolute Gasteiger partial charge is 0.251 e. The van der Waals surface area contributed by atoms with E-state index in [-0.39, 0.29) is 11.9 Å². The molecule has 1 amide bonds. The molecule has 0 atom stereocenters. The van der Waals surface area contributed by atoms with E-state index in [0.717, 1.165) is 31.5 Å². The predicted molar refractivity (Wildman–Crippen MR) is 89.9 cm³/mol. The van der Waals surface area contributed by atoms with Crippen molar-refractivity contribution in [2.75, 3.05) is 19.6 Å². The van der Waals surface area contributed by atoms with Crippen molar-refractivity contribution in [2.45, 2.75) is 25.8 Å². The molecule has 6 heteroatoms. The van der Waals surface area contributed by atoms with Gasteiger partial charge in [0.05, 0.1) is 4.99 Å². The van der Waals surface area contributed by atoms with Crippen LogP contribution >= 0.6 is 23.8 Å². The maximum Gasteiger partial charge on any atom is 0.251 e. The molecule has 2 rings (SSSR count). The highest BCUT2D eigenvalue weighted by Gasteiger charge is 2.21. The number of nitrogens with zero attached hydrogens (tertiary/aromatic N) is 1. The van der Waals surface area contributed by atoms with E-state index in [0.29, 0.717) is 22.1 Å². The van der Waals surface area contributed by atoms with Gasteiger partial charge in [0.2, 0.25) is 0 Å². The van der Waals surface area contributed by atoms with Crippen LogP contribution in [-0.4, -0.2) is 41.5 Å². The van der Waals surface area contributed by atoms with Crippen LogP contribution in [0.4, 0.5) is 0 Å². The van der Waals surface area contributed by atoms with Gasteiger partial charge in [0, 0.05) is 36.3 Å². The molecule has 21 heavy (non-hydrogen) atoms. The molecule has 1 aromatic rings. The Morgan fingerprint density at radius 1 is 1.48 bits per heavy atom. The van der Waals surface area contributed by atoms with E-state index < -0.39 is 0 Å². The van der Waals surface area contributed by atoms with Crippen molar-refractivity contribution in [3.05, 3.63) is 34.3 Å². The van der Waals surface area contributed by atoms with Crippen molar-refractivity contribution < 1.29 is 4.79 Å². The highest BCUT2D eigenvalue weighted by molar-refractivity contribution is 7.80. The molecule has 0 unspecified atom stereocenters. The minimum atomic E-state index is -0.0530. The van der Waals surface area contributed by atoms with Gasteiger partial charge in [-0.25, -0.2) is 0 Å². The summed E-state index contributed by atoms with van der Waals surface area (Å²) in [6.45, 7) is 4.37. The van der Waals surface area contributed by atoms with Crippen molar-refractivity contribution in [2.24, 2.45) is 5.73 Å². The first-order valence-corrected chi connectivity index (χ1v) is 7.82. The molecule has 1 aliphatic rings. The Morgan fingerprint density at radius 2 is 2.14 bits per heavy atom. The van der Waals surface area contributed by atoms with E-state index in [2.05, 4.69) is 10.2 Å². The molecule has 0 saturated carbocycles. The standard InChI is InChI=1S/C15H20ClN3OS/c1-10-2-3-11(16)8-13(10)15(20)18-12-4-6-19(7-5-12)9-14(17)21/h2-3,8,12H,4-7,9H2,1H3,(H2,17,21)(H,18,20). The van der Waals surface area contributed by atoms with E-state index in [1.54, 1.807) is 12.1 Å². The molecule has 0 aliphatic carbocycles. The van der Waals surface area contributed by atoms with Gasteiger partial charge in [-0.15, -0.1) is 0 Å². The van der Waals surface area contributed by atoms with E-state index in [9.17, 15) is 4.79 Å². The Kier molecular flexibility index (Phi) is 5.56. The normalized spacial score (nSPS) is 16.7. The molecule has 3 N–H and O–H groups in total. The average molecular weight is 326 g/mol. The van der Waals surface area contributed by atoms with E-state index in [4.69, 9.17) is 29.6 Å². The lowest BCUT2D eigenvalue weighted by Gasteiger charge is -2.32. The van der Waals surface area contributed by atoms with Crippen LogP contribution in [0.1, 0.15) is 28.8 Å². The summed E-state index contributed by atoms with van der Waals surface area (Å²) in [5.74, 6) is -0.0530. The molecule has 1 fully saturated rings. The molecule has 1 heterocycles. The number of nitrogens with one attached hydrogen (secondary N) is 1. The summed E-state index contributed by atoms with van der Waals surface area (Å²) in [6, 6.07) is 5.57. The van der Waals surface area contributed by atoms with Gasteiger partial charge in [-0.2, -0.15) is 0 Å². The first-order chi connectivity index (χ1) is 9.95. The zero-order chi connectivity index (χ0) is 15.4. The number of nitrogens with two attached hydrogens (primary N) is 1. The SMILES string of the molecule is Cc1ccc(Cl)cc1C(=O)NC1CCN(CC(N)=S)CC1. The number of benzene rings is 1. The fourth-order valence-electron chi connectivity index (χ4n) is 2.56. The molecule has 114 valence electrons. The first kappa shape index (κ1) is 16.2. The van der Waals surface area contributed by atoms with Crippen molar-refractivity contribution in [3.8, 4) is 0 Å². The number of rotatable bonds is 4.